The van der Waals surface area contributed by atoms with E-state index in [1.807, 2.05) is 0 Å². The molecule has 0 saturated heterocycles. The summed E-state index contributed by atoms with van der Waals surface area (Å²) in [7, 11) is 0. The first kappa shape index (κ1) is 18.0. The van der Waals surface area contributed by atoms with Crippen LogP contribution in [0, 0.1) is 0 Å². The van der Waals surface area contributed by atoms with E-state index in [2.05, 4.69) is 41.9 Å². The van der Waals surface area contributed by atoms with E-state index in [0.717, 1.165) is 0 Å². The molecule has 2 N–H and O–H groups in total. The average Bonchev–Trinajstić information content (AvgIpc) is 2.37. The zero-order valence-electron chi connectivity index (χ0n) is 10.5. The fourth-order valence-corrected chi connectivity index (χ4v) is 2.73. The Morgan fingerprint density at radius 3 is 2.57 bits per heavy atom. The number of aromatic carboxylic acids is 1. The highest BCUT2D eigenvalue weighted by molar-refractivity contribution is 9.11. The number of halogens is 4. The van der Waals surface area contributed by atoms with Gasteiger partial charge < -0.3 is 15.2 Å². The summed E-state index contributed by atoms with van der Waals surface area (Å²) >= 11 is 6.31. The van der Waals surface area contributed by atoms with Gasteiger partial charge in [-0.05, 0) is 28.1 Å². The molecule has 0 bridgehead atoms. The molecule has 0 spiro atoms. The third-order valence-corrected chi connectivity index (χ3v) is 3.35. The van der Waals surface area contributed by atoms with Crippen molar-refractivity contribution in [2.45, 2.75) is 12.8 Å². The molecular weight excluding hydrogens is 420 g/mol. The summed E-state index contributed by atoms with van der Waals surface area (Å²) in [6, 6.07) is 2.92. The lowest BCUT2D eigenvalue weighted by Gasteiger charge is -2.11. The highest BCUT2D eigenvalue weighted by Gasteiger charge is 2.17. The molecule has 0 aliphatic heterocycles. The van der Waals surface area contributed by atoms with Gasteiger partial charge in [-0.25, -0.2) is 13.6 Å². The second kappa shape index (κ2) is 8.40. The van der Waals surface area contributed by atoms with Gasteiger partial charge in [0.15, 0.2) is 0 Å². The summed E-state index contributed by atoms with van der Waals surface area (Å²) in [4.78, 5) is 22.8. The van der Waals surface area contributed by atoms with Crippen molar-refractivity contribution in [1.29, 1.82) is 0 Å². The molecule has 0 unspecified atom stereocenters. The molecule has 1 aromatic rings. The first-order valence-electron chi connectivity index (χ1n) is 5.69. The van der Waals surface area contributed by atoms with Crippen molar-refractivity contribution < 1.29 is 28.2 Å². The van der Waals surface area contributed by atoms with Crippen LogP contribution in [0.1, 0.15) is 16.8 Å². The number of carbonyl (C=O) groups excluding carboxylic acids is 1. The maximum absolute atomic E-state index is 11.8. The fraction of sp³-hybridized carbons (Fsp3) is 0.333. The molecule has 5 nitrogen and oxygen atoms in total. The number of benzene rings is 1. The van der Waals surface area contributed by atoms with E-state index in [1.165, 1.54) is 6.07 Å². The summed E-state index contributed by atoms with van der Waals surface area (Å²) in [5.74, 6) is -1.74. The van der Waals surface area contributed by atoms with Crippen LogP contribution >= 0.6 is 31.9 Å². The van der Waals surface area contributed by atoms with Crippen LogP contribution in [0.4, 0.5) is 14.5 Å². The number of amides is 1. The molecule has 116 valence electrons. The van der Waals surface area contributed by atoms with Crippen LogP contribution in [0.15, 0.2) is 21.1 Å². The van der Waals surface area contributed by atoms with Gasteiger partial charge in [0.1, 0.15) is 6.61 Å². The zero-order valence-corrected chi connectivity index (χ0v) is 13.7. The topological polar surface area (TPSA) is 75.6 Å². The van der Waals surface area contributed by atoms with Crippen molar-refractivity contribution in [3.63, 3.8) is 0 Å². The lowest BCUT2D eigenvalue weighted by atomic mass is 10.1. The lowest BCUT2D eigenvalue weighted by Crippen LogP contribution is -2.18. The van der Waals surface area contributed by atoms with Gasteiger partial charge in [-0.2, -0.15) is 0 Å². The van der Waals surface area contributed by atoms with Crippen molar-refractivity contribution in [2.24, 2.45) is 0 Å². The SMILES string of the molecule is O=C(CCOCC(F)F)Nc1c(Br)cc(Br)cc1C(=O)O. The van der Waals surface area contributed by atoms with Gasteiger partial charge in [0.05, 0.1) is 24.3 Å². The summed E-state index contributed by atoms with van der Waals surface area (Å²) in [6.07, 6.45) is -2.75. The number of carbonyl (C=O) groups is 2. The zero-order chi connectivity index (χ0) is 16.0. The minimum Gasteiger partial charge on any atom is -0.478 e. The summed E-state index contributed by atoms with van der Waals surface area (Å²) in [5.41, 5.74) is 0.00246. The van der Waals surface area contributed by atoms with Gasteiger partial charge in [-0.1, -0.05) is 15.9 Å². The number of alkyl halides is 2. The molecule has 1 aromatic carbocycles. The van der Waals surface area contributed by atoms with Gasteiger partial charge >= 0.3 is 5.97 Å². The van der Waals surface area contributed by atoms with Gasteiger partial charge in [-0.15, -0.1) is 0 Å². The smallest absolute Gasteiger partial charge is 0.337 e. The van der Waals surface area contributed by atoms with Crippen LogP contribution in [0.25, 0.3) is 0 Å². The molecule has 0 fully saturated rings. The number of rotatable bonds is 7. The summed E-state index contributed by atoms with van der Waals surface area (Å²) in [5, 5.41) is 11.5. The second-order valence-electron chi connectivity index (χ2n) is 3.88. The molecule has 0 aromatic heterocycles. The molecule has 9 heteroatoms. The molecule has 0 atom stereocenters. The van der Waals surface area contributed by atoms with Crippen LogP contribution in [0.3, 0.4) is 0 Å². The van der Waals surface area contributed by atoms with E-state index in [9.17, 15) is 18.4 Å². The van der Waals surface area contributed by atoms with Crippen LogP contribution in [-0.4, -0.2) is 36.6 Å². The Bertz CT molecular complexity index is 540. The number of carboxylic acids is 1. The average molecular weight is 431 g/mol. The quantitative estimate of drug-likeness (QED) is 0.649. The molecule has 1 amide bonds. The van der Waals surface area contributed by atoms with Gasteiger partial charge in [0.2, 0.25) is 5.91 Å². The first-order valence-corrected chi connectivity index (χ1v) is 7.28. The Labute approximate surface area is 135 Å². The van der Waals surface area contributed by atoms with Gasteiger partial charge in [0, 0.05) is 8.95 Å². The molecule has 0 aliphatic rings. The molecule has 1 rings (SSSR count). The highest BCUT2D eigenvalue weighted by atomic mass is 79.9. The van der Waals surface area contributed by atoms with Crippen molar-refractivity contribution >= 4 is 49.4 Å². The Morgan fingerprint density at radius 1 is 1.33 bits per heavy atom. The Kier molecular flexibility index (Phi) is 7.20. The summed E-state index contributed by atoms with van der Waals surface area (Å²) < 4.78 is 29.2. The standard InChI is InChI=1S/C12H11Br2F2NO4/c13-6-3-7(12(19)20)11(8(14)4-6)17-10(18)1-2-21-5-9(15)16/h3-4,9H,1-2,5H2,(H,17,18)(H,19,20). The predicted octanol–water partition coefficient (Wildman–Crippen LogP) is 3.52. The minimum atomic E-state index is -2.59. The van der Waals surface area contributed by atoms with E-state index in [0.29, 0.717) is 8.95 Å². The fourth-order valence-electron chi connectivity index (χ4n) is 1.41. The minimum absolute atomic E-state index is 0.0990. The number of hydrogen-bond donors (Lipinski definition) is 2. The van der Waals surface area contributed by atoms with Gasteiger partial charge in [0.25, 0.3) is 6.43 Å². The molecule has 0 radical (unpaired) electrons. The maximum atomic E-state index is 11.8. The summed E-state index contributed by atoms with van der Waals surface area (Å²) in [6.45, 7) is -0.914. The highest BCUT2D eigenvalue weighted by Crippen LogP contribution is 2.31. The maximum Gasteiger partial charge on any atom is 0.337 e. The molecule has 0 aliphatic carbocycles. The number of anilines is 1. The molecule has 0 heterocycles. The Morgan fingerprint density at radius 2 is 2.00 bits per heavy atom. The van der Waals surface area contributed by atoms with E-state index >= 15 is 0 Å². The van der Waals surface area contributed by atoms with Crippen LogP contribution < -0.4 is 5.32 Å². The van der Waals surface area contributed by atoms with Gasteiger partial charge in [-0.3, -0.25) is 4.79 Å². The van der Waals surface area contributed by atoms with E-state index in [-0.39, 0.29) is 24.3 Å². The normalized spacial score (nSPS) is 10.7. The van der Waals surface area contributed by atoms with Crippen molar-refractivity contribution in [3.05, 3.63) is 26.6 Å². The third-order valence-electron chi connectivity index (χ3n) is 2.27. The number of hydrogen-bond acceptors (Lipinski definition) is 3. The third kappa shape index (κ3) is 6.06. The predicted molar refractivity (Wildman–Crippen MR) is 78.9 cm³/mol. The number of ether oxygens (including phenoxy) is 1. The monoisotopic (exact) mass is 429 g/mol. The molecule has 21 heavy (non-hydrogen) atoms. The number of carboxylic acid groups (broad SMARTS) is 1. The molecular formula is C12H11Br2F2NO4. The lowest BCUT2D eigenvalue weighted by molar-refractivity contribution is -0.117. The largest absolute Gasteiger partial charge is 0.478 e. The van der Waals surface area contributed by atoms with E-state index in [4.69, 9.17) is 5.11 Å². The van der Waals surface area contributed by atoms with Crippen molar-refractivity contribution in [2.75, 3.05) is 18.5 Å². The van der Waals surface area contributed by atoms with E-state index in [1.54, 1.807) is 6.07 Å². The Hall–Kier alpha value is -1.06. The van der Waals surface area contributed by atoms with Crippen molar-refractivity contribution in [3.8, 4) is 0 Å². The number of nitrogens with one attached hydrogen (secondary N) is 1. The molecule has 0 saturated carbocycles. The van der Waals surface area contributed by atoms with Crippen LogP contribution in [-0.2, 0) is 9.53 Å². The first-order chi connectivity index (χ1) is 9.81. The van der Waals surface area contributed by atoms with E-state index < -0.39 is 24.9 Å². The van der Waals surface area contributed by atoms with Crippen molar-refractivity contribution in [1.82, 2.24) is 0 Å². The second-order valence-corrected chi connectivity index (χ2v) is 5.65. The van der Waals surface area contributed by atoms with Crippen LogP contribution in [0.5, 0.6) is 0 Å². The Balaban J connectivity index is 2.70. The van der Waals surface area contributed by atoms with Crippen LogP contribution in [0.2, 0.25) is 0 Å².